The number of nitro groups is 1. The number of fused-ring (bicyclic) bond motifs is 1. The molecule has 6 nitrogen and oxygen atoms in total. The lowest BCUT2D eigenvalue weighted by molar-refractivity contribution is -0.384. The number of sulfonamides is 1. The van der Waals surface area contributed by atoms with Crippen LogP contribution in [0.25, 0.3) is 0 Å². The quantitative estimate of drug-likeness (QED) is 0.595. The molecule has 0 fully saturated rings. The number of nitrogens with zero attached hydrogens (tertiary/aromatic N) is 2. The number of para-hydroxylation sites is 1. The number of halogens is 1. The Morgan fingerprint density at radius 3 is 2.71 bits per heavy atom. The molecule has 24 heavy (non-hydrogen) atoms. The molecule has 0 aliphatic carbocycles. The third kappa shape index (κ3) is 3.09. The normalized spacial score (nSPS) is 14.8. The maximum absolute atomic E-state index is 13.0. The molecular formula is C15H13ClN2O4S2. The minimum absolute atomic E-state index is 0.0919. The predicted octanol–water partition coefficient (Wildman–Crippen LogP) is 3.69. The summed E-state index contributed by atoms with van der Waals surface area (Å²) in [6.07, 6.45) is 0. The fraction of sp³-hybridized carbons (Fsp3) is 0.200. The summed E-state index contributed by atoms with van der Waals surface area (Å²) >= 11 is 7.43. The van der Waals surface area contributed by atoms with Crippen molar-refractivity contribution < 1.29 is 13.3 Å². The Morgan fingerprint density at radius 2 is 1.96 bits per heavy atom. The van der Waals surface area contributed by atoms with E-state index in [4.69, 9.17) is 11.6 Å². The standard InChI is InChI=1S/C15H13ClN2O4S2/c16-13-6-5-12(9-15(13)18(19)20)24(21,22)17-7-8-23-10-11-3-1-2-4-14(11)17/h1-6,9H,7-8,10H2. The van der Waals surface area contributed by atoms with Gasteiger partial charge in [0.25, 0.3) is 15.7 Å². The molecule has 1 aliphatic heterocycles. The Kier molecular flexibility index (Phi) is 4.71. The second-order valence-corrected chi connectivity index (χ2v) is 8.50. The second kappa shape index (κ2) is 6.62. The Bertz CT molecular complexity index is 902. The van der Waals surface area contributed by atoms with Crippen molar-refractivity contribution in [2.24, 2.45) is 0 Å². The minimum atomic E-state index is -3.91. The molecule has 0 amide bonds. The van der Waals surface area contributed by atoms with E-state index in [0.717, 1.165) is 17.4 Å². The first-order valence-corrected chi connectivity index (χ1v) is 10.0. The summed E-state index contributed by atoms with van der Waals surface area (Å²) < 4.78 is 27.4. The number of hydrogen-bond acceptors (Lipinski definition) is 5. The van der Waals surface area contributed by atoms with Gasteiger partial charge in [0.05, 0.1) is 15.5 Å². The van der Waals surface area contributed by atoms with Crippen molar-refractivity contribution in [3.8, 4) is 0 Å². The monoisotopic (exact) mass is 384 g/mol. The molecule has 126 valence electrons. The Hall–Kier alpha value is -1.77. The molecule has 0 aromatic heterocycles. The highest BCUT2D eigenvalue weighted by molar-refractivity contribution is 7.98. The van der Waals surface area contributed by atoms with Gasteiger partial charge in [-0.2, -0.15) is 11.8 Å². The summed E-state index contributed by atoms with van der Waals surface area (Å²) in [7, 11) is -3.91. The number of hydrogen-bond donors (Lipinski definition) is 0. The highest BCUT2D eigenvalue weighted by Gasteiger charge is 2.30. The van der Waals surface area contributed by atoms with Crippen molar-refractivity contribution in [3.05, 3.63) is 63.2 Å². The van der Waals surface area contributed by atoms with Crippen LogP contribution >= 0.6 is 23.4 Å². The molecule has 9 heteroatoms. The molecule has 1 aliphatic rings. The molecule has 0 bridgehead atoms. The van der Waals surface area contributed by atoms with Gasteiger partial charge in [-0.3, -0.25) is 14.4 Å². The molecule has 0 radical (unpaired) electrons. The van der Waals surface area contributed by atoms with Gasteiger partial charge < -0.3 is 0 Å². The van der Waals surface area contributed by atoms with Gasteiger partial charge >= 0.3 is 0 Å². The van der Waals surface area contributed by atoms with Gasteiger partial charge in [0.15, 0.2) is 0 Å². The maximum atomic E-state index is 13.0. The van der Waals surface area contributed by atoms with Gasteiger partial charge in [0.2, 0.25) is 0 Å². The van der Waals surface area contributed by atoms with Crippen molar-refractivity contribution in [2.75, 3.05) is 16.6 Å². The third-order valence-electron chi connectivity index (χ3n) is 3.66. The zero-order valence-electron chi connectivity index (χ0n) is 12.4. The fourth-order valence-corrected chi connectivity index (χ4v) is 5.24. The zero-order chi connectivity index (χ0) is 17.3. The maximum Gasteiger partial charge on any atom is 0.289 e. The first-order valence-electron chi connectivity index (χ1n) is 7.03. The van der Waals surface area contributed by atoms with Crippen LogP contribution in [0.3, 0.4) is 0 Å². The van der Waals surface area contributed by atoms with Gasteiger partial charge in [-0.15, -0.1) is 0 Å². The molecule has 1 heterocycles. The van der Waals surface area contributed by atoms with Crippen LogP contribution < -0.4 is 4.31 Å². The molecule has 0 spiro atoms. The smallest absolute Gasteiger partial charge is 0.265 e. The van der Waals surface area contributed by atoms with Crippen molar-refractivity contribution in [3.63, 3.8) is 0 Å². The van der Waals surface area contributed by atoms with Crippen LogP contribution in [0.1, 0.15) is 5.56 Å². The fourth-order valence-electron chi connectivity index (χ4n) is 2.50. The van der Waals surface area contributed by atoms with E-state index in [2.05, 4.69) is 0 Å². The van der Waals surface area contributed by atoms with Gasteiger partial charge in [-0.1, -0.05) is 29.8 Å². The van der Waals surface area contributed by atoms with Crippen LogP contribution in [0.5, 0.6) is 0 Å². The number of nitro benzene ring substituents is 1. The van der Waals surface area contributed by atoms with Crippen LogP contribution in [0.4, 0.5) is 11.4 Å². The minimum Gasteiger partial charge on any atom is -0.265 e. The molecule has 0 saturated carbocycles. The van der Waals surface area contributed by atoms with E-state index in [-0.39, 0.29) is 9.92 Å². The average molecular weight is 385 g/mol. The predicted molar refractivity (Wildman–Crippen MR) is 95.2 cm³/mol. The van der Waals surface area contributed by atoms with E-state index in [1.165, 1.54) is 16.4 Å². The van der Waals surface area contributed by atoms with E-state index in [1.807, 2.05) is 12.1 Å². The zero-order valence-corrected chi connectivity index (χ0v) is 14.8. The Labute approximate surface area is 148 Å². The molecular weight excluding hydrogens is 372 g/mol. The first-order chi connectivity index (χ1) is 11.4. The summed E-state index contributed by atoms with van der Waals surface area (Å²) in [5.74, 6) is 1.37. The van der Waals surface area contributed by atoms with E-state index in [9.17, 15) is 18.5 Å². The van der Waals surface area contributed by atoms with Crippen molar-refractivity contribution in [2.45, 2.75) is 10.6 Å². The lowest BCUT2D eigenvalue weighted by Crippen LogP contribution is -2.33. The van der Waals surface area contributed by atoms with Crippen molar-refractivity contribution in [1.29, 1.82) is 0 Å². The number of anilines is 1. The van der Waals surface area contributed by atoms with Crippen LogP contribution in [-0.4, -0.2) is 25.6 Å². The highest BCUT2D eigenvalue weighted by Crippen LogP contribution is 2.34. The lowest BCUT2D eigenvalue weighted by atomic mass is 10.2. The van der Waals surface area contributed by atoms with Crippen molar-refractivity contribution in [1.82, 2.24) is 0 Å². The number of benzene rings is 2. The van der Waals surface area contributed by atoms with Crippen LogP contribution in [0, 0.1) is 10.1 Å². The van der Waals surface area contributed by atoms with Crippen LogP contribution in [-0.2, 0) is 15.8 Å². The summed E-state index contributed by atoms with van der Waals surface area (Å²) in [6.45, 7) is 0.306. The lowest BCUT2D eigenvalue weighted by Gasteiger charge is -2.24. The van der Waals surface area contributed by atoms with Gasteiger partial charge in [0.1, 0.15) is 5.02 Å². The summed E-state index contributed by atoms with van der Waals surface area (Å²) in [6, 6.07) is 10.8. The SMILES string of the molecule is O=[N+]([O-])c1cc(S(=O)(=O)N2CCSCc3ccccc32)ccc1Cl. The molecule has 0 N–H and O–H groups in total. The third-order valence-corrected chi connectivity index (χ3v) is 6.77. The van der Waals surface area contributed by atoms with Gasteiger partial charge in [-0.05, 0) is 23.8 Å². The average Bonchev–Trinajstić information content (AvgIpc) is 2.77. The molecule has 2 aromatic carbocycles. The summed E-state index contributed by atoms with van der Waals surface area (Å²) in [4.78, 5) is 10.2. The number of thioether (sulfide) groups is 1. The van der Waals surface area contributed by atoms with Gasteiger partial charge in [0, 0.05) is 24.1 Å². The molecule has 0 saturated heterocycles. The second-order valence-electron chi connectivity index (χ2n) is 5.13. The molecule has 0 unspecified atom stereocenters. The van der Waals surface area contributed by atoms with Crippen LogP contribution in [0.15, 0.2) is 47.4 Å². The Balaban J connectivity index is 2.11. The van der Waals surface area contributed by atoms with Gasteiger partial charge in [-0.25, -0.2) is 8.42 Å². The summed E-state index contributed by atoms with van der Waals surface area (Å²) in [5, 5.41) is 10.9. The number of rotatable bonds is 3. The first kappa shape index (κ1) is 17.1. The Morgan fingerprint density at radius 1 is 1.21 bits per heavy atom. The van der Waals surface area contributed by atoms with E-state index < -0.39 is 20.6 Å². The van der Waals surface area contributed by atoms with Crippen LogP contribution in [0.2, 0.25) is 5.02 Å². The highest BCUT2D eigenvalue weighted by atomic mass is 35.5. The van der Waals surface area contributed by atoms with Crippen molar-refractivity contribution >= 4 is 44.8 Å². The van der Waals surface area contributed by atoms with E-state index in [0.29, 0.717) is 18.0 Å². The molecule has 0 atom stereocenters. The molecule has 2 aromatic rings. The molecule has 3 rings (SSSR count). The largest absolute Gasteiger partial charge is 0.289 e. The summed E-state index contributed by atoms with van der Waals surface area (Å²) in [5.41, 5.74) is 1.11. The topological polar surface area (TPSA) is 80.5 Å². The van der Waals surface area contributed by atoms with E-state index >= 15 is 0 Å². The van der Waals surface area contributed by atoms with E-state index in [1.54, 1.807) is 23.9 Å².